The molecule has 3 rings (SSSR count). The monoisotopic (exact) mass is 341 g/mol. The molecule has 0 aliphatic carbocycles. The Labute approximate surface area is 145 Å². The van der Waals surface area contributed by atoms with E-state index in [0.29, 0.717) is 17.7 Å². The number of carbonyl (C=O) groups excluding carboxylic acids is 2. The van der Waals surface area contributed by atoms with E-state index in [9.17, 15) is 9.59 Å². The fourth-order valence-electron chi connectivity index (χ4n) is 2.70. The quantitative estimate of drug-likeness (QED) is 0.436. The van der Waals surface area contributed by atoms with Crippen LogP contribution in [0.3, 0.4) is 0 Å². The fourth-order valence-corrected chi connectivity index (χ4v) is 3.65. The van der Waals surface area contributed by atoms with Crippen LogP contribution in [0.5, 0.6) is 5.75 Å². The number of benzene rings is 2. The third-order valence-corrected chi connectivity index (χ3v) is 5.04. The van der Waals surface area contributed by atoms with E-state index in [1.54, 1.807) is 43.1 Å². The van der Waals surface area contributed by atoms with Gasteiger partial charge in [0.05, 0.1) is 18.2 Å². The van der Waals surface area contributed by atoms with Crippen LogP contribution in [-0.2, 0) is 0 Å². The summed E-state index contributed by atoms with van der Waals surface area (Å²) < 4.78 is 5.21. The Bertz CT molecular complexity index is 725. The third-order valence-electron chi connectivity index (χ3n) is 3.96. The molecule has 1 aliphatic rings. The molecule has 124 valence electrons. The zero-order valence-corrected chi connectivity index (χ0v) is 14.3. The molecule has 0 saturated carbocycles. The number of unbranched alkanes of at least 4 members (excludes halogenated alkanes) is 1. The van der Waals surface area contributed by atoms with E-state index in [4.69, 9.17) is 4.74 Å². The van der Waals surface area contributed by atoms with E-state index in [1.807, 2.05) is 18.2 Å². The smallest absolute Gasteiger partial charge is 0.261 e. The summed E-state index contributed by atoms with van der Waals surface area (Å²) in [5, 5.41) is 0. The molecule has 24 heavy (non-hydrogen) atoms. The summed E-state index contributed by atoms with van der Waals surface area (Å²) >= 11 is 1.75. The van der Waals surface area contributed by atoms with Gasteiger partial charge >= 0.3 is 0 Å². The normalized spacial score (nSPS) is 13.3. The average Bonchev–Trinajstić information content (AvgIpc) is 2.86. The summed E-state index contributed by atoms with van der Waals surface area (Å²) in [6, 6.07) is 15.0. The van der Waals surface area contributed by atoms with Gasteiger partial charge in [-0.1, -0.05) is 18.2 Å². The van der Waals surface area contributed by atoms with Crippen LogP contribution in [0.1, 0.15) is 33.6 Å². The second-order valence-electron chi connectivity index (χ2n) is 5.54. The minimum atomic E-state index is -0.170. The van der Waals surface area contributed by atoms with Crippen molar-refractivity contribution in [3.63, 3.8) is 0 Å². The van der Waals surface area contributed by atoms with Gasteiger partial charge < -0.3 is 4.74 Å². The van der Waals surface area contributed by atoms with E-state index >= 15 is 0 Å². The van der Waals surface area contributed by atoms with Gasteiger partial charge in [-0.25, -0.2) is 0 Å². The highest BCUT2D eigenvalue weighted by molar-refractivity contribution is 7.99. The molecular formula is C19H19NO3S. The lowest BCUT2D eigenvalue weighted by molar-refractivity contribution is 0.0652. The van der Waals surface area contributed by atoms with Crippen molar-refractivity contribution in [2.75, 3.05) is 19.4 Å². The van der Waals surface area contributed by atoms with Crippen LogP contribution in [0.4, 0.5) is 0 Å². The number of nitrogens with zero attached hydrogens (tertiary/aromatic N) is 1. The van der Waals surface area contributed by atoms with Crippen LogP contribution in [0, 0.1) is 0 Å². The highest BCUT2D eigenvalue weighted by Crippen LogP contribution is 2.25. The van der Waals surface area contributed by atoms with Crippen molar-refractivity contribution in [2.45, 2.75) is 17.7 Å². The molecule has 0 fully saturated rings. The standard InChI is InChI=1S/C19H19NO3S/c1-23-14-7-6-8-15(13-14)24-12-5-4-11-20-18(21)16-9-2-3-10-17(16)19(20)22/h2-3,6-10,13H,4-5,11-12H2,1H3. The molecule has 1 heterocycles. The second-order valence-corrected chi connectivity index (χ2v) is 6.71. The molecule has 0 bridgehead atoms. The zero-order chi connectivity index (χ0) is 16.9. The number of methoxy groups -OCH3 is 1. The van der Waals surface area contributed by atoms with Crippen LogP contribution < -0.4 is 4.74 Å². The van der Waals surface area contributed by atoms with Gasteiger partial charge in [0.2, 0.25) is 0 Å². The first-order valence-corrected chi connectivity index (χ1v) is 8.91. The lowest BCUT2D eigenvalue weighted by Crippen LogP contribution is -2.30. The van der Waals surface area contributed by atoms with Crippen LogP contribution >= 0.6 is 11.8 Å². The first kappa shape index (κ1) is 16.6. The molecule has 4 nitrogen and oxygen atoms in total. The van der Waals surface area contributed by atoms with E-state index in [-0.39, 0.29) is 11.8 Å². The Kier molecular flexibility index (Phi) is 5.20. The van der Waals surface area contributed by atoms with E-state index in [2.05, 4.69) is 6.07 Å². The maximum atomic E-state index is 12.2. The topological polar surface area (TPSA) is 46.6 Å². The van der Waals surface area contributed by atoms with Crippen molar-refractivity contribution < 1.29 is 14.3 Å². The van der Waals surface area contributed by atoms with Crippen molar-refractivity contribution in [2.24, 2.45) is 0 Å². The maximum Gasteiger partial charge on any atom is 0.261 e. The minimum absolute atomic E-state index is 0.170. The molecule has 0 atom stereocenters. The molecule has 0 radical (unpaired) electrons. The predicted octanol–water partition coefficient (Wildman–Crippen LogP) is 3.86. The largest absolute Gasteiger partial charge is 0.497 e. The van der Waals surface area contributed by atoms with Crippen LogP contribution in [0.25, 0.3) is 0 Å². The van der Waals surface area contributed by atoms with E-state index in [0.717, 1.165) is 29.2 Å². The number of thioether (sulfide) groups is 1. The lowest BCUT2D eigenvalue weighted by Gasteiger charge is -2.13. The minimum Gasteiger partial charge on any atom is -0.497 e. The average molecular weight is 341 g/mol. The van der Waals surface area contributed by atoms with Crippen molar-refractivity contribution in [3.8, 4) is 5.75 Å². The van der Waals surface area contributed by atoms with Gasteiger partial charge in [0, 0.05) is 11.4 Å². The number of ether oxygens (including phenoxy) is 1. The Morgan fingerprint density at radius 2 is 1.67 bits per heavy atom. The molecule has 0 spiro atoms. The molecular weight excluding hydrogens is 322 g/mol. The number of imide groups is 1. The third kappa shape index (κ3) is 3.46. The SMILES string of the molecule is COc1cccc(SCCCCN2C(=O)c3ccccc3C2=O)c1. The molecule has 0 saturated heterocycles. The summed E-state index contributed by atoms with van der Waals surface area (Å²) in [6.07, 6.45) is 1.75. The molecule has 2 amide bonds. The second kappa shape index (κ2) is 7.53. The summed E-state index contributed by atoms with van der Waals surface area (Å²) in [4.78, 5) is 27.0. The Morgan fingerprint density at radius 1 is 0.958 bits per heavy atom. The Hall–Kier alpha value is -2.27. The molecule has 0 N–H and O–H groups in total. The number of rotatable bonds is 7. The Morgan fingerprint density at radius 3 is 2.33 bits per heavy atom. The number of hydrogen-bond donors (Lipinski definition) is 0. The van der Waals surface area contributed by atoms with Gasteiger partial charge in [0.1, 0.15) is 5.75 Å². The molecule has 5 heteroatoms. The van der Waals surface area contributed by atoms with Crippen LogP contribution in [0.15, 0.2) is 53.4 Å². The van der Waals surface area contributed by atoms with Gasteiger partial charge in [-0.2, -0.15) is 0 Å². The van der Waals surface area contributed by atoms with Crippen LogP contribution in [0.2, 0.25) is 0 Å². The van der Waals surface area contributed by atoms with Gasteiger partial charge in [0.25, 0.3) is 11.8 Å². The number of hydrogen-bond acceptors (Lipinski definition) is 4. The first-order chi connectivity index (χ1) is 11.7. The van der Waals surface area contributed by atoms with Gasteiger partial charge in [-0.15, -0.1) is 11.8 Å². The molecule has 0 aromatic heterocycles. The first-order valence-electron chi connectivity index (χ1n) is 7.93. The number of fused-ring (bicyclic) bond motifs is 1. The van der Waals surface area contributed by atoms with Crippen molar-refractivity contribution in [1.29, 1.82) is 0 Å². The maximum absolute atomic E-state index is 12.2. The van der Waals surface area contributed by atoms with Gasteiger partial charge in [0.15, 0.2) is 0 Å². The molecule has 2 aromatic carbocycles. The molecule has 2 aromatic rings. The highest BCUT2D eigenvalue weighted by Gasteiger charge is 2.34. The summed E-state index contributed by atoms with van der Waals surface area (Å²) in [6.45, 7) is 0.477. The summed E-state index contributed by atoms with van der Waals surface area (Å²) in [5.74, 6) is 1.45. The highest BCUT2D eigenvalue weighted by atomic mass is 32.2. The molecule has 1 aliphatic heterocycles. The van der Waals surface area contributed by atoms with Crippen LogP contribution in [-0.4, -0.2) is 36.1 Å². The fraction of sp³-hybridized carbons (Fsp3) is 0.263. The summed E-state index contributed by atoms with van der Waals surface area (Å²) in [5.41, 5.74) is 1.04. The van der Waals surface area contributed by atoms with E-state index < -0.39 is 0 Å². The zero-order valence-electron chi connectivity index (χ0n) is 13.5. The van der Waals surface area contributed by atoms with Crippen molar-refractivity contribution >= 4 is 23.6 Å². The Balaban J connectivity index is 1.46. The predicted molar refractivity (Wildman–Crippen MR) is 94.8 cm³/mol. The number of amides is 2. The van der Waals surface area contributed by atoms with Gasteiger partial charge in [-0.05, 0) is 48.9 Å². The van der Waals surface area contributed by atoms with Crippen molar-refractivity contribution in [3.05, 3.63) is 59.7 Å². The molecule has 0 unspecified atom stereocenters. The number of carbonyl (C=O) groups is 2. The summed E-state index contributed by atoms with van der Waals surface area (Å²) in [7, 11) is 1.66. The van der Waals surface area contributed by atoms with E-state index in [1.165, 1.54) is 4.90 Å². The van der Waals surface area contributed by atoms with Crippen molar-refractivity contribution in [1.82, 2.24) is 4.90 Å². The van der Waals surface area contributed by atoms with Gasteiger partial charge in [-0.3, -0.25) is 14.5 Å². The lowest BCUT2D eigenvalue weighted by atomic mass is 10.1.